The van der Waals surface area contributed by atoms with Crippen LogP contribution in [0.2, 0.25) is 0 Å². The maximum absolute atomic E-state index is 11.9. The third-order valence-corrected chi connectivity index (χ3v) is 3.39. The Morgan fingerprint density at radius 2 is 1.77 bits per heavy atom. The van der Waals surface area contributed by atoms with E-state index >= 15 is 0 Å². The van der Waals surface area contributed by atoms with Gasteiger partial charge in [0.2, 0.25) is 5.91 Å². The van der Waals surface area contributed by atoms with E-state index in [1.54, 1.807) is 0 Å². The highest BCUT2D eigenvalue weighted by Crippen LogP contribution is 2.36. The van der Waals surface area contributed by atoms with Crippen LogP contribution in [0.25, 0.3) is 0 Å². The Balaban J connectivity index is 2.40. The van der Waals surface area contributed by atoms with Crippen molar-refractivity contribution in [1.29, 1.82) is 0 Å². The van der Waals surface area contributed by atoms with Crippen LogP contribution in [-0.2, 0) is 4.79 Å². The monoisotopic (exact) mass is 182 g/mol. The predicted octanol–water partition coefficient (Wildman–Crippen LogP) is 0.701. The molecule has 3 aliphatic rings. The van der Waals surface area contributed by atoms with Crippen LogP contribution < -0.4 is 0 Å². The molecule has 1 unspecified atom stereocenters. The second-order valence-corrected chi connectivity index (χ2v) is 5.25. The largest absolute Gasteiger partial charge is 0.338 e. The minimum absolute atomic E-state index is 0.148. The summed E-state index contributed by atoms with van der Waals surface area (Å²) >= 11 is 0. The van der Waals surface area contributed by atoms with Gasteiger partial charge < -0.3 is 4.90 Å². The van der Waals surface area contributed by atoms with Crippen LogP contribution in [-0.4, -0.2) is 46.4 Å². The van der Waals surface area contributed by atoms with Crippen LogP contribution in [0.5, 0.6) is 0 Å². The molecule has 0 aliphatic carbocycles. The first-order chi connectivity index (χ1) is 5.86. The average molecular weight is 182 g/mol. The molecular formula is C10H18N2O. The Morgan fingerprint density at radius 1 is 1.15 bits per heavy atom. The molecule has 0 aromatic rings. The smallest absolute Gasteiger partial charge is 0.242 e. The Morgan fingerprint density at radius 3 is 2.15 bits per heavy atom. The third-order valence-electron chi connectivity index (χ3n) is 3.39. The molecule has 3 heteroatoms. The molecule has 74 valence electrons. The van der Waals surface area contributed by atoms with E-state index in [-0.39, 0.29) is 17.0 Å². The van der Waals surface area contributed by atoms with Gasteiger partial charge in [-0.15, -0.1) is 0 Å². The molecule has 0 N–H and O–H groups in total. The molecule has 0 aromatic carbocycles. The number of carbonyl (C=O) groups is 1. The quantitative estimate of drug-likeness (QED) is 0.550. The van der Waals surface area contributed by atoms with Crippen molar-refractivity contribution in [3.05, 3.63) is 0 Å². The molecule has 0 spiro atoms. The van der Waals surface area contributed by atoms with Gasteiger partial charge in [0.05, 0.1) is 5.54 Å². The van der Waals surface area contributed by atoms with Crippen molar-refractivity contribution in [2.24, 2.45) is 0 Å². The average Bonchev–Trinajstić information content (AvgIpc) is 1.97. The van der Waals surface area contributed by atoms with Crippen LogP contribution >= 0.6 is 0 Å². The van der Waals surface area contributed by atoms with Crippen LogP contribution in [0.1, 0.15) is 27.7 Å². The lowest BCUT2D eigenvalue weighted by atomic mass is 9.84. The number of hydrogen-bond acceptors (Lipinski definition) is 2. The molecule has 3 aliphatic heterocycles. The van der Waals surface area contributed by atoms with E-state index in [0.29, 0.717) is 0 Å². The van der Waals surface area contributed by atoms with Crippen LogP contribution in [0.3, 0.4) is 0 Å². The van der Waals surface area contributed by atoms with Crippen molar-refractivity contribution in [1.82, 2.24) is 9.80 Å². The first kappa shape index (κ1) is 9.00. The number of fused-ring (bicyclic) bond motifs is 3. The highest BCUT2D eigenvalue weighted by atomic mass is 16.2. The standard InChI is InChI=1S/C10H18N2O/c1-9(2)7-11-5-6-12(9)10(3,4)8(11)13/h5-7H2,1-4H3. The van der Waals surface area contributed by atoms with Crippen molar-refractivity contribution < 1.29 is 4.79 Å². The maximum atomic E-state index is 11.9. The molecule has 3 heterocycles. The topological polar surface area (TPSA) is 23.6 Å². The Bertz CT molecular complexity index is 258. The zero-order valence-electron chi connectivity index (χ0n) is 8.92. The van der Waals surface area contributed by atoms with Crippen LogP contribution in [0.15, 0.2) is 0 Å². The third kappa shape index (κ3) is 1.03. The van der Waals surface area contributed by atoms with E-state index < -0.39 is 0 Å². The molecule has 2 bridgehead atoms. The van der Waals surface area contributed by atoms with Gasteiger partial charge in [0.1, 0.15) is 0 Å². The molecule has 1 atom stereocenters. The van der Waals surface area contributed by atoms with E-state index in [1.807, 2.05) is 18.7 Å². The number of nitrogens with zero attached hydrogens (tertiary/aromatic N) is 2. The van der Waals surface area contributed by atoms with Gasteiger partial charge in [-0.05, 0) is 27.7 Å². The maximum Gasteiger partial charge on any atom is 0.242 e. The zero-order valence-corrected chi connectivity index (χ0v) is 8.92. The molecule has 0 saturated carbocycles. The first-order valence-electron chi connectivity index (χ1n) is 4.93. The van der Waals surface area contributed by atoms with Crippen molar-refractivity contribution in [3.8, 4) is 0 Å². The molecule has 0 aromatic heterocycles. The minimum Gasteiger partial charge on any atom is -0.338 e. The van der Waals surface area contributed by atoms with E-state index in [2.05, 4.69) is 18.7 Å². The van der Waals surface area contributed by atoms with Gasteiger partial charge in [0.15, 0.2) is 0 Å². The van der Waals surface area contributed by atoms with E-state index in [0.717, 1.165) is 19.6 Å². The molecule has 0 radical (unpaired) electrons. The van der Waals surface area contributed by atoms with E-state index in [4.69, 9.17) is 0 Å². The summed E-state index contributed by atoms with van der Waals surface area (Å²) in [5, 5.41) is 0. The van der Waals surface area contributed by atoms with Gasteiger partial charge in [-0.25, -0.2) is 0 Å². The van der Waals surface area contributed by atoms with Crippen molar-refractivity contribution in [2.45, 2.75) is 38.8 Å². The van der Waals surface area contributed by atoms with Crippen LogP contribution in [0.4, 0.5) is 0 Å². The second kappa shape index (κ2) is 2.27. The first-order valence-corrected chi connectivity index (χ1v) is 4.93. The van der Waals surface area contributed by atoms with Crippen molar-refractivity contribution in [3.63, 3.8) is 0 Å². The fourth-order valence-electron chi connectivity index (χ4n) is 2.87. The Hall–Kier alpha value is -0.570. The normalized spacial score (nSPS) is 35.2. The number of amides is 1. The highest BCUT2D eigenvalue weighted by Gasteiger charge is 2.53. The lowest BCUT2D eigenvalue weighted by Crippen LogP contribution is -2.76. The minimum atomic E-state index is -0.292. The fourth-order valence-corrected chi connectivity index (χ4v) is 2.87. The van der Waals surface area contributed by atoms with Gasteiger partial charge in [-0.1, -0.05) is 0 Å². The summed E-state index contributed by atoms with van der Waals surface area (Å²) in [5.74, 6) is 0.290. The SMILES string of the molecule is CC1(C)CN2CCN1C(C)(C)C2=O. The molecular weight excluding hydrogens is 164 g/mol. The van der Waals surface area contributed by atoms with Gasteiger partial charge >= 0.3 is 0 Å². The lowest BCUT2D eigenvalue weighted by molar-refractivity contribution is -0.172. The number of piperazine rings is 3. The Kier molecular flexibility index (Phi) is 1.57. The molecule has 1 amide bonds. The number of rotatable bonds is 0. The molecule has 3 fully saturated rings. The summed E-state index contributed by atoms with van der Waals surface area (Å²) in [7, 11) is 0. The molecule has 3 rings (SSSR count). The second-order valence-electron chi connectivity index (χ2n) is 5.25. The van der Waals surface area contributed by atoms with E-state index in [9.17, 15) is 4.79 Å². The zero-order chi connectivity index (χ0) is 9.85. The molecule has 3 nitrogen and oxygen atoms in total. The lowest BCUT2D eigenvalue weighted by Gasteiger charge is -2.60. The fraction of sp³-hybridized carbons (Fsp3) is 0.900. The Labute approximate surface area is 79.7 Å². The van der Waals surface area contributed by atoms with Gasteiger partial charge in [-0.2, -0.15) is 0 Å². The van der Waals surface area contributed by atoms with Gasteiger partial charge in [0.25, 0.3) is 0 Å². The molecule has 13 heavy (non-hydrogen) atoms. The highest BCUT2D eigenvalue weighted by molar-refractivity contribution is 5.87. The summed E-state index contributed by atoms with van der Waals surface area (Å²) < 4.78 is 0. The van der Waals surface area contributed by atoms with Crippen molar-refractivity contribution in [2.75, 3.05) is 19.6 Å². The summed E-state index contributed by atoms with van der Waals surface area (Å²) in [6.07, 6.45) is 0. The summed E-state index contributed by atoms with van der Waals surface area (Å²) in [4.78, 5) is 16.2. The van der Waals surface area contributed by atoms with Crippen LogP contribution in [0, 0.1) is 0 Å². The predicted molar refractivity (Wildman–Crippen MR) is 51.4 cm³/mol. The molecule has 3 saturated heterocycles. The van der Waals surface area contributed by atoms with Crippen molar-refractivity contribution >= 4 is 5.91 Å². The summed E-state index contributed by atoms with van der Waals surface area (Å²) in [6.45, 7) is 11.3. The number of carbonyl (C=O) groups excluding carboxylic acids is 1. The van der Waals surface area contributed by atoms with Gasteiger partial charge in [0, 0.05) is 25.2 Å². The van der Waals surface area contributed by atoms with E-state index in [1.165, 1.54) is 0 Å². The number of hydrogen-bond donors (Lipinski definition) is 0. The van der Waals surface area contributed by atoms with Gasteiger partial charge in [-0.3, -0.25) is 9.69 Å². The summed E-state index contributed by atoms with van der Waals surface area (Å²) in [6, 6.07) is 0. The summed E-state index contributed by atoms with van der Waals surface area (Å²) in [5.41, 5.74) is -0.143.